The van der Waals surface area contributed by atoms with Gasteiger partial charge in [-0.15, -0.1) is 0 Å². The van der Waals surface area contributed by atoms with Crippen LogP contribution in [0, 0.1) is 0 Å². The fraction of sp³-hybridized carbons (Fsp3) is 0.250. The van der Waals surface area contributed by atoms with Crippen molar-refractivity contribution in [2.75, 3.05) is 5.73 Å². The third-order valence-corrected chi connectivity index (χ3v) is 2.84. The van der Waals surface area contributed by atoms with E-state index in [1.165, 1.54) is 0 Å². The van der Waals surface area contributed by atoms with E-state index < -0.39 is 6.29 Å². The second kappa shape index (κ2) is 7.28. The number of hydrogen-bond acceptors (Lipinski definition) is 4. The summed E-state index contributed by atoms with van der Waals surface area (Å²) in [5, 5.41) is 0. The molecule has 0 aliphatic rings. The molecule has 0 saturated heterocycles. The first-order valence-corrected chi connectivity index (χ1v) is 6.83. The summed E-state index contributed by atoms with van der Waals surface area (Å²) in [5.74, 6) is 0.307. The van der Waals surface area contributed by atoms with Crippen LogP contribution in [-0.4, -0.2) is 12.3 Å². The summed E-state index contributed by atoms with van der Waals surface area (Å²) in [6.07, 6.45) is 3.40. The Labute approximate surface area is 123 Å². The topological polar surface area (TPSA) is 65.4 Å². The number of nitrogens with zero attached hydrogens (tertiary/aromatic N) is 1. The van der Waals surface area contributed by atoms with E-state index in [0.29, 0.717) is 24.4 Å². The highest BCUT2D eigenvalue weighted by Crippen LogP contribution is 2.15. The fourth-order valence-electron chi connectivity index (χ4n) is 1.75. The quantitative estimate of drug-likeness (QED) is 0.381. The van der Waals surface area contributed by atoms with Gasteiger partial charge in [0.1, 0.15) is 5.75 Å². The van der Waals surface area contributed by atoms with Crippen molar-refractivity contribution in [3.8, 4) is 5.75 Å². The van der Waals surface area contributed by atoms with Crippen molar-refractivity contribution in [1.82, 2.24) is 0 Å². The standard InChI is InChI=1S/C16H19N2O3/c1-2-15(19)21-16(12-18-10-4-3-5-11-18)20-14-8-6-13(17)7-9-14/h3-11,16H,2,12,17H2,1H3/q+1. The van der Waals surface area contributed by atoms with E-state index in [0.717, 1.165) is 0 Å². The molecule has 5 nitrogen and oxygen atoms in total. The van der Waals surface area contributed by atoms with Gasteiger partial charge in [0, 0.05) is 24.2 Å². The van der Waals surface area contributed by atoms with Crippen molar-refractivity contribution < 1.29 is 18.8 Å². The minimum absolute atomic E-state index is 0.299. The predicted octanol–water partition coefficient (Wildman–Crippen LogP) is 1.91. The van der Waals surface area contributed by atoms with Crippen LogP contribution >= 0.6 is 0 Å². The molecule has 21 heavy (non-hydrogen) atoms. The predicted molar refractivity (Wildman–Crippen MR) is 78.3 cm³/mol. The molecule has 1 aromatic heterocycles. The first kappa shape index (κ1) is 14.8. The van der Waals surface area contributed by atoms with Crippen LogP contribution in [0.4, 0.5) is 5.69 Å². The number of ether oxygens (including phenoxy) is 2. The number of rotatable bonds is 6. The average molecular weight is 287 g/mol. The highest BCUT2D eigenvalue weighted by molar-refractivity contribution is 5.68. The molecule has 0 aliphatic carbocycles. The normalized spacial score (nSPS) is 11.7. The minimum Gasteiger partial charge on any atom is -0.449 e. The molecule has 0 radical (unpaired) electrons. The molecule has 1 unspecified atom stereocenters. The Balaban J connectivity index is 2.07. The molecule has 1 atom stereocenters. The van der Waals surface area contributed by atoms with Crippen LogP contribution in [0.3, 0.4) is 0 Å². The molecule has 0 aliphatic heterocycles. The average Bonchev–Trinajstić information content (AvgIpc) is 2.50. The number of carbonyl (C=O) groups excluding carboxylic acids is 1. The maximum atomic E-state index is 11.5. The molecule has 2 rings (SSSR count). The molecule has 1 aromatic carbocycles. The van der Waals surface area contributed by atoms with Gasteiger partial charge in [-0.3, -0.25) is 4.79 Å². The van der Waals surface area contributed by atoms with Crippen molar-refractivity contribution >= 4 is 11.7 Å². The van der Waals surface area contributed by atoms with E-state index in [-0.39, 0.29) is 5.97 Å². The Kier molecular flexibility index (Phi) is 5.15. The van der Waals surface area contributed by atoms with Gasteiger partial charge in [0.05, 0.1) is 0 Å². The smallest absolute Gasteiger partial charge is 0.308 e. The Morgan fingerprint density at radius 2 is 1.86 bits per heavy atom. The molecule has 110 valence electrons. The molecule has 0 saturated carbocycles. The molecular formula is C16H19N2O3+. The van der Waals surface area contributed by atoms with Gasteiger partial charge in [0.15, 0.2) is 12.4 Å². The third-order valence-electron chi connectivity index (χ3n) is 2.84. The molecule has 5 heteroatoms. The van der Waals surface area contributed by atoms with E-state index in [9.17, 15) is 4.79 Å². The van der Waals surface area contributed by atoms with Gasteiger partial charge in [-0.05, 0) is 24.3 Å². The number of nitrogen functional groups attached to an aromatic ring is 1. The number of benzene rings is 1. The maximum absolute atomic E-state index is 11.5. The Morgan fingerprint density at radius 3 is 2.48 bits per heavy atom. The Bertz CT molecular complexity index is 570. The van der Waals surface area contributed by atoms with Crippen LogP contribution in [0.2, 0.25) is 0 Å². The molecule has 2 N–H and O–H groups in total. The summed E-state index contributed by atoms with van der Waals surface area (Å²) in [4.78, 5) is 11.5. The fourth-order valence-corrected chi connectivity index (χ4v) is 1.75. The van der Waals surface area contributed by atoms with Crippen LogP contribution in [0.1, 0.15) is 13.3 Å². The molecule has 0 bridgehead atoms. The number of anilines is 1. The summed E-state index contributed by atoms with van der Waals surface area (Å²) in [6.45, 7) is 2.16. The first-order chi connectivity index (χ1) is 10.2. The van der Waals surface area contributed by atoms with E-state index in [1.54, 1.807) is 31.2 Å². The van der Waals surface area contributed by atoms with Crippen molar-refractivity contribution in [1.29, 1.82) is 0 Å². The van der Waals surface area contributed by atoms with Gasteiger partial charge in [-0.1, -0.05) is 13.0 Å². The minimum atomic E-state index is -0.687. The first-order valence-electron chi connectivity index (χ1n) is 6.83. The summed E-state index contributed by atoms with van der Waals surface area (Å²) >= 11 is 0. The summed E-state index contributed by atoms with van der Waals surface area (Å²) in [6, 6.07) is 12.7. The lowest BCUT2D eigenvalue weighted by molar-refractivity contribution is -0.708. The van der Waals surface area contributed by atoms with Crippen molar-refractivity contribution in [3.05, 3.63) is 54.9 Å². The highest BCUT2D eigenvalue weighted by atomic mass is 16.7. The van der Waals surface area contributed by atoms with E-state index in [1.807, 2.05) is 35.2 Å². The number of esters is 1. The van der Waals surface area contributed by atoms with Crippen LogP contribution in [0.15, 0.2) is 54.9 Å². The van der Waals surface area contributed by atoms with Gasteiger partial charge in [0.25, 0.3) is 0 Å². The summed E-state index contributed by atoms with van der Waals surface area (Å²) in [7, 11) is 0. The summed E-state index contributed by atoms with van der Waals surface area (Å²) < 4.78 is 12.9. The van der Waals surface area contributed by atoms with E-state index >= 15 is 0 Å². The van der Waals surface area contributed by atoms with Gasteiger partial charge in [-0.2, -0.15) is 4.57 Å². The molecule has 1 heterocycles. The molecular weight excluding hydrogens is 268 g/mol. The van der Waals surface area contributed by atoms with Crippen LogP contribution in [-0.2, 0) is 16.1 Å². The molecule has 0 fully saturated rings. The largest absolute Gasteiger partial charge is 0.449 e. The zero-order valence-corrected chi connectivity index (χ0v) is 11.9. The lowest BCUT2D eigenvalue weighted by Gasteiger charge is -2.16. The summed E-state index contributed by atoms with van der Waals surface area (Å²) in [5.41, 5.74) is 6.29. The Hall–Kier alpha value is -2.56. The Morgan fingerprint density at radius 1 is 1.19 bits per heavy atom. The second-order valence-electron chi connectivity index (χ2n) is 4.53. The molecule has 0 amide bonds. The van der Waals surface area contributed by atoms with E-state index in [4.69, 9.17) is 15.2 Å². The number of nitrogens with two attached hydrogens (primary N) is 1. The molecule has 2 aromatic rings. The lowest BCUT2D eigenvalue weighted by Crippen LogP contribution is -2.43. The van der Waals surface area contributed by atoms with Gasteiger partial charge in [-0.25, -0.2) is 0 Å². The maximum Gasteiger partial charge on any atom is 0.308 e. The number of hydrogen-bond donors (Lipinski definition) is 1. The van der Waals surface area contributed by atoms with Gasteiger partial charge >= 0.3 is 12.3 Å². The van der Waals surface area contributed by atoms with Gasteiger partial charge in [0.2, 0.25) is 6.54 Å². The van der Waals surface area contributed by atoms with Crippen LogP contribution in [0.25, 0.3) is 0 Å². The van der Waals surface area contributed by atoms with Crippen molar-refractivity contribution in [2.45, 2.75) is 26.2 Å². The molecule has 0 spiro atoms. The monoisotopic (exact) mass is 287 g/mol. The SMILES string of the molecule is CCC(=O)OC(C[n+]1ccccc1)Oc1ccc(N)cc1. The van der Waals surface area contributed by atoms with Crippen LogP contribution in [0.5, 0.6) is 5.75 Å². The van der Waals surface area contributed by atoms with E-state index in [2.05, 4.69) is 0 Å². The zero-order chi connectivity index (χ0) is 15.1. The van der Waals surface area contributed by atoms with Gasteiger partial charge < -0.3 is 15.2 Å². The number of pyridine rings is 1. The second-order valence-corrected chi connectivity index (χ2v) is 4.53. The highest BCUT2D eigenvalue weighted by Gasteiger charge is 2.20. The third kappa shape index (κ3) is 4.80. The lowest BCUT2D eigenvalue weighted by atomic mass is 10.3. The number of carbonyl (C=O) groups is 1. The number of aromatic nitrogens is 1. The van der Waals surface area contributed by atoms with Crippen LogP contribution < -0.4 is 15.0 Å². The zero-order valence-electron chi connectivity index (χ0n) is 11.9. The van der Waals surface area contributed by atoms with Crippen molar-refractivity contribution in [3.63, 3.8) is 0 Å². The van der Waals surface area contributed by atoms with Crippen molar-refractivity contribution in [2.24, 2.45) is 0 Å².